The topological polar surface area (TPSA) is 100 Å². The van der Waals surface area contributed by atoms with Crippen LogP contribution < -0.4 is 5.73 Å². The molecule has 1 heterocycles. The van der Waals surface area contributed by atoms with Crippen LogP contribution in [0.4, 0.5) is 5.69 Å². The highest BCUT2D eigenvalue weighted by molar-refractivity contribution is 5.99. The van der Waals surface area contributed by atoms with E-state index in [9.17, 15) is 9.59 Å². The van der Waals surface area contributed by atoms with Gasteiger partial charge in [-0.1, -0.05) is 0 Å². The number of benzene rings is 1. The number of nitrogens with zero attached hydrogens (tertiary/aromatic N) is 3. The van der Waals surface area contributed by atoms with Crippen LogP contribution in [0.25, 0.3) is 5.69 Å². The third kappa shape index (κ3) is 2.44. The molecule has 0 radical (unpaired) electrons. The lowest BCUT2D eigenvalue weighted by atomic mass is 10.1. The Morgan fingerprint density at radius 2 is 2.11 bits per heavy atom. The Bertz CT molecular complexity index is 648. The molecule has 2 rings (SSSR count). The Labute approximate surface area is 109 Å². The van der Waals surface area contributed by atoms with Crippen molar-refractivity contribution in [2.75, 3.05) is 12.8 Å². The highest BCUT2D eigenvalue weighted by Gasteiger charge is 2.13. The van der Waals surface area contributed by atoms with Gasteiger partial charge in [-0.15, -0.1) is 5.10 Å². The maximum absolute atomic E-state index is 11.3. The molecule has 0 saturated carbocycles. The summed E-state index contributed by atoms with van der Waals surface area (Å²) < 4.78 is 5.89. The molecule has 1 aromatic carbocycles. The van der Waals surface area contributed by atoms with Gasteiger partial charge in [-0.3, -0.25) is 4.79 Å². The predicted molar refractivity (Wildman–Crippen MR) is 67.1 cm³/mol. The molecule has 0 aliphatic rings. The second-order valence-corrected chi connectivity index (χ2v) is 3.83. The number of carbonyl (C=O) groups excluding carboxylic acids is 2. The van der Waals surface area contributed by atoms with Gasteiger partial charge in [0, 0.05) is 11.3 Å². The molecule has 7 nitrogen and oxygen atoms in total. The number of esters is 1. The smallest absolute Gasteiger partial charge is 0.377 e. The molecule has 0 unspecified atom stereocenters. The van der Waals surface area contributed by atoms with Crippen molar-refractivity contribution in [3.05, 3.63) is 35.9 Å². The van der Waals surface area contributed by atoms with Crippen LogP contribution in [0.2, 0.25) is 0 Å². The van der Waals surface area contributed by atoms with Crippen LogP contribution in [-0.2, 0) is 4.74 Å². The van der Waals surface area contributed by atoms with Gasteiger partial charge in [0.1, 0.15) is 6.33 Å². The number of rotatable bonds is 3. The van der Waals surface area contributed by atoms with Crippen LogP contribution >= 0.6 is 0 Å². The maximum Gasteiger partial charge on any atom is 0.377 e. The van der Waals surface area contributed by atoms with Crippen LogP contribution in [0.5, 0.6) is 0 Å². The number of methoxy groups -OCH3 is 1. The number of hydrogen-bond acceptors (Lipinski definition) is 6. The van der Waals surface area contributed by atoms with E-state index in [0.29, 0.717) is 16.9 Å². The molecular formula is C12H12N4O3. The monoisotopic (exact) mass is 260 g/mol. The van der Waals surface area contributed by atoms with Crippen molar-refractivity contribution in [3.63, 3.8) is 0 Å². The van der Waals surface area contributed by atoms with E-state index in [4.69, 9.17) is 5.73 Å². The average Bonchev–Trinajstić information content (AvgIpc) is 2.86. The molecule has 0 saturated heterocycles. The fourth-order valence-corrected chi connectivity index (χ4v) is 1.59. The lowest BCUT2D eigenvalue weighted by Crippen LogP contribution is -2.06. The van der Waals surface area contributed by atoms with E-state index >= 15 is 0 Å². The van der Waals surface area contributed by atoms with Crippen molar-refractivity contribution in [2.24, 2.45) is 0 Å². The number of hydrogen-bond donors (Lipinski definition) is 1. The first kappa shape index (κ1) is 12.7. The standard InChI is InChI=1S/C12H12N4O3/c1-7(17)9-4-3-8(5-10(9)13)16-6-14-11(15-16)12(18)19-2/h3-6H,13H2,1-2H3. The van der Waals surface area contributed by atoms with Crippen LogP contribution in [0.15, 0.2) is 24.5 Å². The number of Topliss-reactive ketones (excluding diaryl/α,β-unsaturated/α-hetero) is 1. The lowest BCUT2D eigenvalue weighted by molar-refractivity contribution is 0.0587. The van der Waals surface area contributed by atoms with Crippen molar-refractivity contribution in [1.82, 2.24) is 14.8 Å². The zero-order chi connectivity index (χ0) is 14.0. The van der Waals surface area contributed by atoms with Crippen LogP contribution in [-0.4, -0.2) is 33.6 Å². The molecule has 0 aliphatic carbocycles. The molecule has 19 heavy (non-hydrogen) atoms. The van der Waals surface area contributed by atoms with Gasteiger partial charge < -0.3 is 10.5 Å². The van der Waals surface area contributed by atoms with E-state index in [1.807, 2.05) is 0 Å². The summed E-state index contributed by atoms with van der Waals surface area (Å²) in [6.45, 7) is 1.44. The third-order valence-electron chi connectivity index (χ3n) is 2.54. The van der Waals surface area contributed by atoms with E-state index < -0.39 is 5.97 Å². The van der Waals surface area contributed by atoms with Crippen molar-refractivity contribution in [1.29, 1.82) is 0 Å². The number of ether oxygens (including phenoxy) is 1. The molecular weight excluding hydrogens is 248 g/mol. The number of aromatic nitrogens is 3. The first-order valence-corrected chi connectivity index (χ1v) is 5.43. The Hall–Kier alpha value is -2.70. The van der Waals surface area contributed by atoms with Gasteiger partial charge in [-0.05, 0) is 25.1 Å². The van der Waals surface area contributed by atoms with Gasteiger partial charge in [0.25, 0.3) is 5.82 Å². The van der Waals surface area contributed by atoms with E-state index in [0.717, 1.165) is 0 Å². The van der Waals surface area contributed by atoms with E-state index in [1.165, 1.54) is 25.0 Å². The minimum atomic E-state index is -0.618. The van der Waals surface area contributed by atoms with Crippen molar-refractivity contribution < 1.29 is 14.3 Å². The Kier molecular flexibility index (Phi) is 3.28. The first-order chi connectivity index (χ1) is 9.02. The third-order valence-corrected chi connectivity index (χ3v) is 2.54. The van der Waals surface area contributed by atoms with E-state index in [-0.39, 0.29) is 11.6 Å². The fourth-order valence-electron chi connectivity index (χ4n) is 1.59. The van der Waals surface area contributed by atoms with Gasteiger partial charge in [0.2, 0.25) is 0 Å². The summed E-state index contributed by atoms with van der Waals surface area (Å²) in [6, 6.07) is 4.86. The Balaban J connectivity index is 2.37. The number of nitrogen functional groups attached to an aromatic ring is 1. The zero-order valence-corrected chi connectivity index (χ0v) is 10.5. The summed E-state index contributed by atoms with van der Waals surface area (Å²) >= 11 is 0. The van der Waals surface area contributed by atoms with Gasteiger partial charge in [0.15, 0.2) is 5.78 Å². The summed E-state index contributed by atoms with van der Waals surface area (Å²) in [5.74, 6) is -0.776. The maximum atomic E-state index is 11.3. The van der Waals surface area contributed by atoms with Crippen molar-refractivity contribution >= 4 is 17.4 Å². The minimum Gasteiger partial charge on any atom is -0.463 e. The van der Waals surface area contributed by atoms with Crippen LogP contribution in [0.1, 0.15) is 27.9 Å². The summed E-state index contributed by atoms with van der Waals surface area (Å²) in [5, 5.41) is 3.96. The van der Waals surface area contributed by atoms with Crippen molar-refractivity contribution in [3.8, 4) is 5.69 Å². The molecule has 0 bridgehead atoms. The largest absolute Gasteiger partial charge is 0.463 e. The lowest BCUT2D eigenvalue weighted by Gasteiger charge is -2.05. The summed E-state index contributed by atoms with van der Waals surface area (Å²) in [7, 11) is 1.25. The fraction of sp³-hybridized carbons (Fsp3) is 0.167. The van der Waals surface area contributed by atoms with Gasteiger partial charge in [-0.25, -0.2) is 14.5 Å². The molecule has 1 aromatic heterocycles. The highest BCUT2D eigenvalue weighted by Crippen LogP contribution is 2.17. The molecule has 0 aliphatic heterocycles. The Morgan fingerprint density at radius 1 is 1.37 bits per heavy atom. The highest BCUT2D eigenvalue weighted by atomic mass is 16.5. The Morgan fingerprint density at radius 3 is 2.68 bits per heavy atom. The minimum absolute atomic E-state index is 0.0447. The van der Waals surface area contributed by atoms with Crippen molar-refractivity contribution in [2.45, 2.75) is 6.92 Å². The molecule has 2 N–H and O–H groups in total. The SMILES string of the molecule is COC(=O)c1ncn(-c2ccc(C(C)=O)c(N)c2)n1. The summed E-state index contributed by atoms with van der Waals surface area (Å²) in [4.78, 5) is 26.3. The second kappa shape index (κ2) is 4.89. The molecule has 0 spiro atoms. The summed E-state index contributed by atoms with van der Waals surface area (Å²) in [6.07, 6.45) is 1.37. The molecule has 0 fully saturated rings. The number of carbonyl (C=O) groups is 2. The van der Waals surface area contributed by atoms with Gasteiger partial charge in [0.05, 0.1) is 12.8 Å². The quantitative estimate of drug-likeness (QED) is 0.498. The molecule has 98 valence electrons. The summed E-state index contributed by atoms with van der Waals surface area (Å²) in [5.41, 5.74) is 7.17. The normalized spacial score (nSPS) is 10.2. The molecule has 0 amide bonds. The predicted octanol–water partition coefficient (Wildman–Crippen LogP) is 0.839. The number of nitrogens with two attached hydrogens (primary N) is 1. The number of ketones is 1. The van der Waals surface area contributed by atoms with Crippen LogP contribution in [0.3, 0.4) is 0 Å². The number of anilines is 1. The van der Waals surface area contributed by atoms with Crippen LogP contribution in [0, 0.1) is 0 Å². The average molecular weight is 260 g/mol. The van der Waals surface area contributed by atoms with Gasteiger partial charge >= 0.3 is 5.97 Å². The molecule has 0 atom stereocenters. The molecule has 2 aromatic rings. The van der Waals surface area contributed by atoms with Gasteiger partial charge in [-0.2, -0.15) is 0 Å². The second-order valence-electron chi connectivity index (χ2n) is 3.83. The van der Waals surface area contributed by atoms with E-state index in [1.54, 1.807) is 18.2 Å². The first-order valence-electron chi connectivity index (χ1n) is 5.43. The van der Waals surface area contributed by atoms with E-state index in [2.05, 4.69) is 14.8 Å². The molecule has 7 heteroatoms. The zero-order valence-electron chi connectivity index (χ0n) is 10.5.